The van der Waals surface area contributed by atoms with E-state index in [1.165, 1.54) is 0 Å². The van der Waals surface area contributed by atoms with Crippen LogP contribution >= 0.6 is 0 Å². The molecule has 0 fully saturated rings. The topological polar surface area (TPSA) is 47.6 Å². The summed E-state index contributed by atoms with van der Waals surface area (Å²) in [5, 5.41) is 2.81. The molecule has 4 heteroatoms. The summed E-state index contributed by atoms with van der Waals surface area (Å²) in [7, 11) is 0. The molecule has 1 N–H and O–H groups in total. The third-order valence-electron chi connectivity index (χ3n) is 2.52. The number of hydrogen-bond acceptors (Lipinski definition) is 3. The van der Waals surface area contributed by atoms with Gasteiger partial charge in [-0.25, -0.2) is 0 Å². The number of nitrogens with one attached hydrogen (secondary N) is 1. The van der Waals surface area contributed by atoms with Crippen molar-refractivity contribution in [1.29, 1.82) is 0 Å². The lowest BCUT2D eigenvalue weighted by molar-refractivity contribution is -0.121. The van der Waals surface area contributed by atoms with Gasteiger partial charge in [-0.05, 0) is 37.6 Å². The number of anilines is 1. The van der Waals surface area contributed by atoms with Crippen LogP contribution in [-0.4, -0.2) is 25.2 Å². The van der Waals surface area contributed by atoms with Crippen molar-refractivity contribution in [1.82, 2.24) is 0 Å². The number of benzene rings is 1. The molecule has 0 spiro atoms. The van der Waals surface area contributed by atoms with Gasteiger partial charge in [0.15, 0.2) is 0 Å². The van der Waals surface area contributed by atoms with E-state index in [0.717, 1.165) is 30.0 Å². The van der Waals surface area contributed by atoms with Gasteiger partial charge < -0.3 is 14.8 Å². The minimum absolute atomic E-state index is 0.0640. The molecule has 0 aromatic heterocycles. The van der Waals surface area contributed by atoms with Crippen LogP contribution in [0.3, 0.4) is 0 Å². The molecule has 0 aliphatic carbocycles. The van der Waals surface area contributed by atoms with Crippen molar-refractivity contribution in [2.24, 2.45) is 0 Å². The fraction of sp³-hybridized carbons (Fsp3) is 0.462. The fourth-order valence-electron chi connectivity index (χ4n) is 1.70. The average molecular weight is 235 g/mol. The molecular weight excluding hydrogens is 218 g/mol. The summed E-state index contributed by atoms with van der Waals surface area (Å²) in [5.41, 5.74) is 1.94. The molecule has 0 unspecified atom stereocenters. The predicted molar refractivity (Wildman–Crippen MR) is 65.4 cm³/mol. The van der Waals surface area contributed by atoms with Crippen LogP contribution in [0.2, 0.25) is 0 Å². The van der Waals surface area contributed by atoms with Crippen LogP contribution < -0.4 is 10.1 Å². The van der Waals surface area contributed by atoms with E-state index >= 15 is 0 Å². The Hall–Kier alpha value is -1.55. The van der Waals surface area contributed by atoms with Crippen LogP contribution in [0.1, 0.15) is 19.4 Å². The van der Waals surface area contributed by atoms with Gasteiger partial charge in [0.1, 0.15) is 12.4 Å². The summed E-state index contributed by atoms with van der Waals surface area (Å²) >= 11 is 0. The fourth-order valence-corrected chi connectivity index (χ4v) is 1.70. The van der Waals surface area contributed by atoms with Gasteiger partial charge in [0.05, 0.1) is 12.7 Å². The molecule has 1 amide bonds. The Morgan fingerprint density at radius 2 is 2.35 bits per heavy atom. The van der Waals surface area contributed by atoms with Crippen LogP contribution in [-0.2, 0) is 16.0 Å². The molecule has 4 nitrogen and oxygen atoms in total. The highest BCUT2D eigenvalue weighted by Gasteiger charge is 2.13. The van der Waals surface area contributed by atoms with E-state index in [0.29, 0.717) is 0 Å². The van der Waals surface area contributed by atoms with Crippen LogP contribution in [0.4, 0.5) is 5.69 Å². The second kappa shape index (κ2) is 5.19. The molecule has 0 atom stereocenters. The molecule has 17 heavy (non-hydrogen) atoms. The van der Waals surface area contributed by atoms with Crippen molar-refractivity contribution in [3.63, 3.8) is 0 Å². The highest BCUT2D eigenvalue weighted by Crippen LogP contribution is 2.27. The first-order valence-corrected chi connectivity index (χ1v) is 5.82. The first kappa shape index (κ1) is 11.9. The quantitative estimate of drug-likeness (QED) is 0.868. The summed E-state index contributed by atoms with van der Waals surface area (Å²) in [6, 6.07) is 5.69. The average Bonchev–Trinajstić information content (AvgIpc) is 2.73. The monoisotopic (exact) mass is 235 g/mol. The van der Waals surface area contributed by atoms with E-state index in [9.17, 15) is 4.79 Å². The predicted octanol–water partition coefficient (Wildman–Crippen LogP) is 1.98. The highest BCUT2D eigenvalue weighted by molar-refractivity contribution is 5.91. The third-order valence-corrected chi connectivity index (χ3v) is 2.52. The zero-order chi connectivity index (χ0) is 12.3. The summed E-state index contributed by atoms with van der Waals surface area (Å²) < 4.78 is 10.6. The maximum Gasteiger partial charge on any atom is 0.250 e. The summed E-state index contributed by atoms with van der Waals surface area (Å²) in [6.07, 6.45) is 0.968. The maximum absolute atomic E-state index is 11.5. The van der Waals surface area contributed by atoms with Gasteiger partial charge in [0.25, 0.3) is 0 Å². The second-order valence-corrected chi connectivity index (χ2v) is 4.33. The minimum atomic E-state index is -0.127. The van der Waals surface area contributed by atoms with E-state index < -0.39 is 0 Å². The van der Waals surface area contributed by atoms with Crippen LogP contribution in [0, 0.1) is 0 Å². The number of fused-ring (bicyclic) bond motifs is 1. The normalized spacial score (nSPS) is 13.4. The van der Waals surface area contributed by atoms with E-state index in [1.54, 1.807) is 0 Å². The Kier molecular flexibility index (Phi) is 3.64. The van der Waals surface area contributed by atoms with Gasteiger partial charge in [-0.3, -0.25) is 4.79 Å². The van der Waals surface area contributed by atoms with Crippen LogP contribution in [0.15, 0.2) is 18.2 Å². The SMILES string of the molecule is CC(C)OCC(=O)Nc1ccc2c(c1)CCO2. The third kappa shape index (κ3) is 3.20. The molecule has 1 aromatic rings. The van der Waals surface area contributed by atoms with Crippen molar-refractivity contribution in [3.05, 3.63) is 23.8 Å². The lowest BCUT2D eigenvalue weighted by Crippen LogP contribution is -2.20. The van der Waals surface area contributed by atoms with Crippen LogP contribution in [0.5, 0.6) is 5.75 Å². The lowest BCUT2D eigenvalue weighted by Gasteiger charge is -2.09. The van der Waals surface area contributed by atoms with Gasteiger partial charge >= 0.3 is 0 Å². The smallest absolute Gasteiger partial charge is 0.250 e. The van der Waals surface area contributed by atoms with Gasteiger partial charge in [-0.2, -0.15) is 0 Å². The molecule has 2 rings (SSSR count). The standard InChI is InChI=1S/C13H17NO3/c1-9(2)17-8-13(15)14-11-3-4-12-10(7-11)5-6-16-12/h3-4,7,9H,5-6,8H2,1-2H3,(H,14,15). The summed E-state index contributed by atoms with van der Waals surface area (Å²) in [4.78, 5) is 11.5. The van der Waals surface area contributed by atoms with Gasteiger partial charge in [0, 0.05) is 12.1 Å². The Morgan fingerprint density at radius 1 is 1.53 bits per heavy atom. The zero-order valence-corrected chi connectivity index (χ0v) is 10.2. The molecule has 0 saturated heterocycles. The van der Waals surface area contributed by atoms with Crippen molar-refractivity contribution >= 4 is 11.6 Å². The minimum Gasteiger partial charge on any atom is -0.493 e. The Labute approximate surface area is 101 Å². The zero-order valence-electron chi connectivity index (χ0n) is 10.2. The van der Waals surface area contributed by atoms with Crippen molar-refractivity contribution < 1.29 is 14.3 Å². The number of amides is 1. The molecule has 0 bridgehead atoms. The lowest BCUT2D eigenvalue weighted by atomic mass is 10.1. The van der Waals surface area contributed by atoms with Gasteiger partial charge in [0.2, 0.25) is 5.91 Å². The number of carbonyl (C=O) groups excluding carboxylic acids is 1. The van der Waals surface area contributed by atoms with E-state index in [2.05, 4.69) is 5.32 Å². The highest BCUT2D eigenvalue weighted by atomic mass is 16.5. The van der Waals surface area contributed by atoms with Crippen molar-refractivity contribution in [2.45, 2.75) is 26.4 Å². The van der Waals surface area contributed by atoms with E-state index in [1.807, 2.05) is 32.0 Å². The Morgan fingerprint density at radius 3 is 3.12 bits per heavy atom. The molecule has 0 saturated carbocycles. The van der Waals surface area contributed by atoms with Crippen molar-refractivity contribution in [3.8, 4) is 5.75 Å². The second-order valence-electron chi connectivity index (χ2n) is 4.33. The molecule has 1 heterocycles. The van der Waals surface area contributed by atoms with Gasteiger partial charge in [-0.1, -0.05) is 0 Å². The number of hydrogen-bond donors (Lipinski definition) is 1. The maximum atomic E-state index is 11.5. The summed E-state index contributed by atoms with van der Waals surface area (Å²) in [6.45, 7) is 4.62. The number of ether oxygens (including phenoxy) is 2. The molecule has 1 aliphatic rings. The van der Waals surface area contributed by atoms with Gasteiger partial charge in [-0.15, -0.1) is 0 Å². The van der Waals surface area contributed by atoms with E-state index in [4.69, 9.17) is 9.47 Å². The first-order valence-electron chi connectivity index (χ1n) is 5.82. The first-order chi connectivity index (χ1) is 8.15. The molecule has 1 aromatic carbocycles. The molecule has 0 radical (unpaired) electrons. The van der Waals surface area contributed by atoms with E-state index in [-0.39, 0.29) is 18.6 Å². The molecular formula is C13H17NO3. The number of rotatable bonds is 4. The molecule has 1 aliphatic heterocycles. The van der Waals surface area contributed by atoms with Crippen LogP contribution in [0.25, 0.3) is 0 Å². The van der Waals surface area contributed by atoms with Crippen molar-refractivity contribution in [2.75, 3.05) is 18.5 Å². The largest absolute Gasteiger partial charge is 0.493 e. The Bertz CT molecular complexity index is 415. The summed E-state index contributed by atoms with van der Waals surface area (Å²) in [5.74, 6) is 0.791. The Balaban J connectivity index is 1.92. The number of carbonyl (C=O) groups is 1. The molecule has 92 valence electrons.